The number of carbonyl (C=O) groups excluding carboxylic acids is 1. The third-order valence-corrected chi connectivity index (χ3v) is 2.75. The molecule has 0 aliphatic rings. The highest BCUT2D eigenvalue weighted by Crippen LogP contribution is 2.17. The number of carbonyl (C=O) groups is 1. The molecule has 70 valence electrons. The first-order valence-corrected chi connectivity index (χ1v) is 5.00. The third kappa shape index (κ3) is 3.56. The van der Waals surface area contributed by atoms with Gasteiger partial charge in [0.05, 0.1) is 13.3 Å². The zero-order valence-corrected chi connectivity index (χ0v) is 9.18. The number of hydrogen-bond donors (Lipinski definition) is 1. The molecule has 1 aromatic heterocycles. The Kier molecular flexibility index (Phi) is 3.91. The van der Waals surface area contributed by atoms with Gasteiger partial charge in [0, 0.05) is 14.7 Å². The fourth-order valence-electron chi connectivity index (χ4n) is 0.590. The molecule has 0 unspecified atom stereocenters. The van der Waals surface area contributed by atoms with Crippen molar-refractivity contribution in [3.63, 3.8) is 0 Å². The maximum atomic E-state index is 10.6. The van der Waals surface area contributed by atoms with Crippen LogP contribution in [0.4, 0.5) is 4.79 Å². The second-order valence-corrected chi connectivity index (χ2v) is 3.89. The molecule has 1 aromatic rings. The number of amides is 1. The molecule has 0 bridgehead atoms. The summed E-state index contributed by atoms with van der Waals surface area (Å²) in [5, 5.41) is 5.60. The molecule has 1 N–H and O–H groups in total. The zero-order valence-electron chi connectivity index (χ0n) is 6.78. The number of hydrazone groups is 1. The van der Waals surface area contributed by atoms with E-state index in [4.69, 9.17) is 0 Å². The molecule has 13 heavy (non-hydrogen) atoms. The van der Waals surface area contributed by atoms with Crippen LogP contribution in [0.25, 0.3) is 0 Å². The number of rotatable bonds is 2. The first-order chi connectivity index (χ1) is 6.22. The Bertz CT molecular complexity index is 324. The highest BCUT2D eigenvalue weighted by molar-refractivity contribution is 9.10. The molecule has 0 spiro atoms. The number of nitrogens with zero attached hydrogens (tertiary/aromatic N) is 1. The monoisotopic (exact) mass is 262 g/mol. The Morgan fingerprint density at radius 1 is 1.85 bits per heavy atom. The van der Waals surface area contributed by atoms with Crippen molar-refractivity contribution in [2.75, 3.05) is 7.11 Å². The van der Waals surface area contributed by atoms with Crippen LogP contribution >= 0.6 is 27.3 Å². The number of methoxy groups -OCH3 is 1. The summed E-state index contributed by atoms with van der Waals surface area (Å²) in [7, 11) is 1.28. The summed E-state index contributed by atoms with van der Waals surface area (Å²) in [6.45, 7) is 0. The Morgan fingerprint density at radius 3 is 3.15 bits per heavy atom. The largest absolute Gasteiger partial charge is 0.452 e. The molecule has 0 atom stereocenters. The van der Waals surface area contributed by atoms with Gasteiger partial charge in [0.15, 0.2) is 0 Å². The van der Waals surface area contributed by atoms with Crippen LogP contribution < -0.4 is 5.43 Å². The summed E-state index contributed by atoms with van der Waals surface area (Å²) in [4.78, 5) is 11.5. The molecule has 1 rings (SSSR count). The standard InChI is InChI=1S/C7H7BrN2O2S/c1-12-7(11)10-9-3-6-2-5(8)4-13-6/h2-4H,1H3,(H,10,11)/b9-3+. The SMILES string of the molecule is COC(=O)N/N=C/c1cc(Br)cs1. The van der Waals surface area contributed by atoms with Gasteiger partial charge in [-0.05, 0) is 22.0 Å². The molecule has 0 saturated heterocycles. The maximum Gasteiger partial charge on any atom is 0.427 e. The molecule has 0 fully saturated rings. The number of halogens is 1. The van der Waals surface area contributed by atoms with Gasteiger partial charge in [-0.15, -0.1) is 11.3 Å². The van der Waals surface area contributed by atoms with E-state index in [0.29, 0.717) is 0 Å². The van der Waals surface area contributed by atoms with Crippen LogP contribution in [-0.4, -0.2) is 19.4 Å². The number of hydrogen-bond acceptors (Lipinski definition) is 4. The maximum absolute atomic E-state index is 10.6. The van der Waals surface area contributed by atoms with E-state index in [1.54, 1.807) is 6.21 Å². The minimum Gasteiger partial charge on any atom is -0.452 e. The lowest BCUT2D eigenvalue weighted by molar-refractivity contribution is 0.171. The van der Waals surface area contributed by atoms with Gasteiger partial charge in [-0.2, -0.15) is 5.10 Å². The average Bonchev–Trinajstić information content (AvgIpc) is 2.51. The lowest BCUT2D eigenvalue weighted by Crippen LogP contribution is -2.16. The van der Waals surface area contributed by atoms with Crippen LogP contribution in [0.15, 0.2) is 21.0 Å². The number of thiophene rings is 1. The topological polar surface area (TPSA) is 50.7 Å². The predicted octanol–water partition coefficient (Wildman–Crippen LogP) is 2.20. The average molecular weight is 263 g/mol. The molecule has 1 amide bonds. The Balaban J connectivity index is 2.45. The van der Waals surface area contributed by atoms with E-state index in [9.17, 15) is 4.79 Å². The first kappa shape index (κ1) is 10.2. The minimum atomic E-state index is -0.577. The van der Waals surface area contributed by atoms with Gasteiger partial charge >= 0.3 is 6.09 Å². The summed E-state index contributed by atoms with van der Waals surface area (Å²) < 4.78 is 5.32. The van der Waals surface area contributed by atoms with Crippen LogP contribution in [0.3, 0.4) is 0 Å². The van der Waals surface area contributed by atoms with Gasteiger partial charge < -0.3 is 4.74 Å². The zero-order chi connectivity index (χ0) is 9.68. The Labute approximate surface area is 87.7 Å². The van der Waals surface area contributed by atoms with E-state index < -0.39 is 6.09 Å². The second kappa shape index (κ2) is 4.98. The minimum absolute atomic E-state index is 0.577. The van der Waals surface area contributed by atoms with Crippen LogP contribution in [0, 0.1) is 0 Å². The molecule has 0 radical (unpaired) electrons. The first-order valence-electron chi connectivity index (χ1n) is 3.33. The molecule has 0 aromatic carbocycles. The molecular weight excluding hydrogens is 256 g/mol. The van der Waals surface area contributed by atoms with E-state index in [2.05, 4.69) is 31.2 Å². The quantitative estimate of drug-likeness (QED) is 0.656. The van der Waals surface area contributed by atoms with E-state index >= 15 is 0 Å². The summed E-state index contributed by atoms with van der Waals surface area (Å²) >= 11 is 4.82. The van der Waals surface area contributed by atoms with Crippen molar-refractivity contribution in [1.82, 2.24) is 5.43 Å². The third-order valence-electron chi connectivity index (χ3n) is 1.12. The van der Waals surface area contributed by atoms with Crippen molar-refractivity contribution in [2.45, 2.75) is 0 Å². The van der Waals surface area contributed by atoms with Crippen molar-refractivity contribution < 1.29 is 9.53 Å². The van der Waals surface area contributed by atoms with Gasteiger partial charge in [0.25, 0.3) is 0 Å². The summed E-state index contributed by atoms with van der Waals surface area (Å²) in [6.07, 6.45) is 0.971. The molecule has 0 saturated carbocycles. The molecule has 0 aliphatic carbocycles. The van der Waals surface area contributed by atoms with Gasteiger partial charge in [0.2, 0.25) is 0 Å². The van der Waals surface area contributed by atoms with E-state index in [1.807, 2.05) is 11.4 Å². The summed E-state index contributed by atoms with van der Waals surface area (Å²) in [5.74, 6) is 0. The van der Waals surface area contributed by atoms with Crippen molar-refractivity contribution in [3.8, 4) is 0 Å². The second-order valence-electron chi connectivity index (χ2n) is 2.03. The number of ether oxygens (including phenoxy) is 1. The molecule has 4 nitrogen and oxygen atoms in total. The highest BCUT2D eigenvalue weighted by Gasteiger charge is 1.95. The fourth-order valence-corrected chi connectivity index (χ4v) is 1.89. The molecule has 6 heteroatoms. The fraction of sp³-hybridized carbons (Fsp3) is 0.143. The Morgan fingerprint density at radius 2 is 2.62 bits per heavy atom. The predicted molar refractivity (Wildman–Crippen MR) is 55.2 cm³/mol. The normalized spacial score (nSPS) is 10.3. The van der Waals surface area contributed by atoms with Crippen molar-refractivity contribution in [3.05, 3.63) is 20.8 Å². The lowest BCUT2D eigenvalue weighted by Gasteiger charge is -1.93. The number of nitrogens with one attached hydrogen (secondary N) is 1. The Hall–Kier alpha value is -0.880. The highest BCUT2D eigenvalue weighted by atomic mass is 79.9. The van der Waals surface area contributed by atoms with Gasteiger partial charge in [-0.25, -0.2) is 10.2 Å². The van der Waals surface area contributed by atoms with Crippen LogP contribution in [-0.2, 0) is 4.74 Å². The van der Waals surface area contributed by atoms with Crippen molar-refractivity contribution >= 4 is 39.6 Å². The van der Waals surface area contributed by atoms with Crippen LogP contribution in [0.2, 0.25) is 0 Å². The van der Waals surface area contributed by atoms with Crippen LogP contribution in [0.1, 0.15) is 4.88 Å². The van der Waals surface area contributed by atoms with Crippen molar-refractivity contribution in [2.24, 2.45) is 5.10 Å². The summed E-state index contributed by atoms with van der Waals surface area (Å²) in [5.41, 5.74) is 2.19. The smallest absolute Gasteiger partial charge is 0.427 e. The summed E-state index contributed by atoms with van der Waals surface area (Å²) in [6, 6.07) is 1.90. The molecule has 1 heterocycles. The van der Waals surface area contributed by atoms with Gasteiger partial charge in [-0.1, -0.05) is 0 Å². The van der Waals surface area contributed by atoms with Gasteiger partial charge in [0.1, 0.15) is 0 Å². The molecular formula is C7H7BrN2O2S. The van der Waals surface area contributed by atoms with E-state index in [0.717, 1.165) is 9.35 Å². The van der Waals surface area contributed by atoms with Gasteiger partial charge in [-0.3, -0.25) is 0 Å². The van der Waals surface area contributed by atoms with E-state index in [1.165, 1.54) is 18.4 Å². The van der Waals surface area contributed by atoms with E-state index in [-0.39, 0.29) is 0 Å². The van der Waals surface area contributed by atoms with Crippen molar-refractivity contribution in [1.29, 1.82) is 0 Å². The van der Waals surface area contributed by atoms with Crippen LogP contribution in [0.5, 0.6) is 0 Å². The molecule has 0 aliphatic heterocycles. The lowest BCUT2D eigenvalue weighted by atomic mass is 10.5.